The van der Waals surface area contributed by atoms with Crippen molar-refractivity contribution in [1.29, 1.82) is 5.26 Å². The molecule has 31 heavy (non-hydrogen) atoms. The summed E-state index contributed by atoms with van der Waals surface area (Å²) in [6.45, 7) is 0.388. The number of halogens is 1. The molecular weight excluding hydrogens is 434 g/mol. The summed E-state index contributed by atoms with van der Waals surface area (Å²) < 4.78 is 28.1. The number of sulfonamides is 1. The van der Waals surface area contributed by atoms with E-state index < -0.39 is 15.9 Å². The normalized spacial score (nSPS) is 13.2. The molecule has 0 saturated carbocycles. The molecule has 3 aromatic carbocycles. The van der Waals surface area contributed by atoms with Gasteiger partial charge in [-0.25, -0.2) is 8.42 Å². The Morgan fingerprint density at radius 1 is 1.06 bits per heavy atom. The summed E-state index contributed by atoms with van der Waals surface area (Å²) in [5, 5.41) is 11.9. The molecule has 156 valence electrons. The maximum Gasteiger partial charge on any atom is 0.264 e. The first-order chi connectivity index (χ1) is 14.9. The predicted molar refractivity (Wildman–Crippen MR) is 120 cm³/mol. The second kappa shape index (κ2) is 8.42. The zero-order chi connectivity index (χ0) is 22.0. The number of amides is 1. The van der Waals surface area contributed by atoms with E-state index in [0.29, 0.717) is 23.5 Å². The van der Waals surface area contributed by atoms with Crippen LogP contribution >= 0.6 is 11.6 Å². The SMILES string of the molecule is N#Cc1ccc(NC(=O)c2cccc(S(=O)(=O)N3CCCc4ccccc43)c2)cc1Cl. The molecule has 0 spiro atoms. The van der Waals surface area contributed by atoms with Gasteiger partial charge in [0.1, 0.15) is 6.07 Å². The molecule has 1 aliphatic rings. The molecule has 0 aromatic heterocycles. The van der Waals surface area contributed by atoms with Crippen LogP contribution in [-0.2, 0) is 16.4 Å². The monoisotopic (exact) mass is 451 g/mol. The number of fused-ring (bicyclic) bond motifs is 1. The number of para-hydroxylation sites is 1. The smallest absolute Gasteiger partial charge is 0.264 e. The number of hydrogen-bond acceptors (Lipinski definition) is 4. The van der Waals surface area contributed by atoms with Gasteiger partial charge in [0, 0.05) is 17.8 Å². The average Bonchev–Trinajstić information content (AvgIpc) is 2.79. The van der Waals surface area contributed by atoms with Gasteiger partial charge in [-0.05, 0) is 60.9 Å². The number of aryl methyl sites for hydroxylation is 1. The Bertz CT molecular complexity index is 1320. The van der Waals surface area contributed by atoms with Crippen LogP contribution in [-0.4, -0.2) is 20.9 Å². The average molecular weight is 452 g/mol. The number of carbonyl (C=O) groups excluding carboxylic acids is 1. The maximum atomic E-state index is 13.3. The standard InChI is InChI=1S/C23H18ClN3O3S/c24-21-14-19(11-10-18(21)15-25)26-23(28)17-6-3-8-20(13-17)31(29,30)27-12-4-7-16-5-1-2-9-22(16)27/h1-3,5-6,8-11,13-14H,4,7,12H2,(H,26,28). The highest BCUT2D eigenvalue weighted by Crippen LogP contribution is 2.32. The summed E-state index contributed by atoms with van der Waals surface area (Å²) in [6.07, 6.45) is 1.56. The van der Waals surface area contributed by atoms with E-state index in [1.807, 2.05) is 24.3 Å². The Morgan fingerprint density at radius 3 is 2.65 bits per heavy atom. The zero-order valence-electron chi connectivity index (χ0n) is 16.4. The fourth-order valence-corrected chi connectivity index (χ4v) is 5.37. The summed E-state index contributed by atoms with van der Waals surface area (Å²) in [7, 11) is -3.82. The third-order valence-electron chi connectivity index (χ3n) is 5.10. The van der Waals surface area contributed by atoms with Crippen LogP contribution in [0.3, 0.4) is 0 Å². The first-order valence-electron chi connectivity index (χ1n) is 9.62. The molecule has 8 heteroatoms. The van der Waals surface area contributed by atoms with Gasteiger partial charge in [-0.3, -0.25) is 9.10 Å². The molecule has 0 unspecified atom stereocenters. The van der Waals surface area contributed by atoms with Gasteiger partial charge in [-0.2, -0.15) is 5.26 Å². The van der Waals surface area contributed by atoms with Crippen molar-refractivity contribution in [3.05, 3.63) is 88.4 Å². The Balaban J connectivity index is 1.62. The summed E-state index contributed by atoms with van der Waals surface area (Å²) in [6, 6.07) is 19.9. The maximum absolute atomic E-state index is 13.3. The van der Waals surface area contributed by atoms with Gasteiger partial charge in [0.15, 0.2) is 0 Å². The van der Waals surface area contributed by atoms with Gasteiger partial charge in [-0.15, -0.1) is 0 Å². The third kappa shape index (κ3) is 4.13. The van der Waals surface area contributed by atoms with Gasteiger partial charge < -0.3 is 5.32 Å². The van der Waals surface area contributed by atoms with E-state index in [1.54, 1.807) is 24.3 Å². The number of nitrogens with one attached hydrogen (secondary N) is 1. The van der Waals surface area contributed by atoms with Crippen LogP contribution in [0.1, 0.15) is 27.9 Å². The van der Waals surface area contributed by atoms with E-state index in [4.69, 9.17) is 16.9 Å². The highest BCUT2D eigenvalue weighted by Gasteiger charge is 2.29. The van der Waals surface area contributed by atoms with Gasteiger partial charge in [0.05, 0.1) is 21.2 Å². The summed E-state index contributed by atoms with van der Waals surface area (Å²) in [5.41, 5.74) is 2.58. The van der Waals surface area contributed by atoms with Crippen molar-refractivity contribution in [2.24, 2.45) is 0 Å². The molecule has 1 heterocycles. The minimum absolute atomic E-state index is 0.0507. The Kier molecular flexibility index (Phi) is 5.68. The lowest BCUT2D eigenvalue weighted by Gasteiger charge is -2.30. The number of nitrogens with zero attached hydrogens (tertiary/aromatic N) is 2. The topological polar surface area (TPSA) is 90.3 Å². The first kappa shape index (κ1) is 20.9. The van der Waals surface area contributed by atoms with Crippen LogP contribution < -0.4 is 9.62 Å². The first-order valence-corrected chi connectivity index (χ1v) is 11.4. The van der Waals surface area contributed by atoms with E-state index in [0.717, 1.165) is 18.4 Å². The van der Waals surface area contributed by atoms with Gasteiger partial charge in [0.25, 0.3) is 15.9 Å². The fraction of sp³-hybridized carbons (Fsp3) is 0.130. The quantitative estimate of drug-likeness (QED) is 0.627. The molecule has 0 fully saturated rings. The Morgan fingerprint density at radius 2 is 1.87 bits per heavy atom. The fourth-order valence-electron chi connectivity index (χ4n) is 3.56. The number of benzene rings is 3. The molecule has 6 nitrogen and oxygen atoms in total. The van der Waals surface area contributed by atoms with Crippen molar-refractivity contribution < 1.29 is 13.2 Å². The van der Waals surface area contributed by atoms with Crippen LogP contribution in [0, 0.1) is 11.3 Å². The zero-order valence-corrected chi connectivity index (χ0v) is 17.9. The number of anilines is 2. The minimum atomic E-state index is -3.82. The van der Waals surface area contributed by atoms with Gasteiger partial charge >= 0.3 is 0 Å². The molecule has 0 radical (unpaired) electrons. The van der Waals surface area contributed by atoms with Crippen molar-refractivity contribution in [2.75, 3.05) is 16.2 Å². The van der Waals surface area contributed by atoms with Crippen LogP contribution in [0.25, 0.3) is 0 Å². The molecule has 4 rings (SSSR count). The second-order valence-corrected chi connectivity index (χ2v) is 9.37. The van der Waals surface area contributed by atoms with Gasteiger partial charge in [-0.1, -0.05) is 35.9 Å². The lowest BCUT2D eigenvalue weighted by atomic mass is 10.0. The van der Waals surface area contributed by atoms with Crippen LogP contribution in [0.2, 0.25) is 5.02 Å². The lowest BCUT2D eigenvalue weighted by molar-refractivity contribution is 0.102. The summed E-state index contributed by atoms with van der Waals surface area (Å²) in [4.78, 5) is 12.8. The lowest BCUT2D eigenvalue weighted by Crippen LogP contribution is -2.35. The van der Waals surface area contributed by atoms with Crippen molar-refractivity contribution in [3.63, 3.8) is 0 Å². The van der Waals surface area contributed by atoms with Crippen molar-refractivity contribution >= 4 is 38.9 Å². The van der Waals surface area contributed by atoms with E-state index in [9.17, 15) is 13.2 Å². The summed E-state index contributed by atoms with van der Waals surface area (Å²) >= 11 is 6.01. The van der Waals surface area contributed by atoms with Crippen molar-refractivity contribution in [2.45, 2.75) is 17.7 Å². The van der Waals surface area contributed by atoms with E-state index in [-0.39, 0.29) is 15.5 Å². The van der Waals surface area contributed by atoms with Crippen LogP contribution in [0.15, 0.2) is 71.6 Å². The highest BCUT2D eigenvalue weighted by atomic mass is 35.5. The molecular formula is C23H18ClN3O3S. The van der Waals surface area contributed by atoms with Gasteiger partial charge in [0.2, 0.25) is 0 Å². The second-order valence-electron chi connectivity index (χ2n) is 7.10. The number of hydrogen-bond donors (Lipinski definition) is 1. The van der Waals surface area contributed by atoms with E-state index in [2.05, 4.69) is 5.32 Å². The minimum Gasteiger partial charge on any atom is -0.322 e. The van der Waals surface area contributed by atoms with Crippen LogP contribution in [0.5, 0.6) is 0 Å². The highest BCUT2D eigenvalue weighted by molar-refractivity contribution is 7.92. The Labute approximate surface area is 185 Å². The predicted octanol–water partition coefficient (Wildman–Crippen LogP) is 4.61. The van der Waals surface area contributed by atoms with Crippen LogP contribution in [0.4, 0.5) is 11.4 Å². The molecule has 3 aromatic rings. The molecule has 0 saturated heterocycles. The third-order valence-corrected chi connectivity index (χ3v) is 7.22. The number of rotatable bonds is 4. The number of carbonyl (C=O) groups is 1. The molecule has 1 amide bonds. The molecule has 0 atom stereocenters. The number of nitriles is 1. The summed E-state index contributed by atoms with van der Waals surface area (Å²) in [5.74, 6) is -0.475. The van der Waals surface area contributed by atoms with Crippen molar-refractivity contribution in [1.82, 2.24) is 0 Å². The van der Waals surface area contributed by atoms with Crippen molar-refractivity contribution in [3.8, 4) is 6.07 Å². The Hall–Kier alpha value is -3.34. The van der Waals surface area contributed by atoms with E-state index in [1.165, 1.54) is 28.6 Å². The largest absolute Gasteiger partial charge is 0.322 e. The molecule has 0 aliphatic carbocycles. The molecule has 0 bridgehead atoms. The molecule has 1 aliphatic heterocycles. The van der Waals surface area contributed by atoms with E-state index >= 15 is 0 Å². The molecule has 1 N–H and O–H groups in total.